The highest BCUT2D eigenvalue weighted by molar-refractivity contribution is 7.99. The Morgan fingerprint density at radius 3 is 3.06 bits per heavy atom. The van der Waals surface area contributed by atoms with E-state index in [1.54, 1.807) is 18.3 Å². The van der Waals surface area contributed by atoms with Gasteiger partial charge in [0.05, 0.1) is 17.8 Å². The molecule has 2 aromatic rings. The molecule has 0 aliphatic carbocycles. The van der Waals surface area contributed by atoms with Crippen LogP contribution >= 0.6 is 23.4 Å². The number of rotatable bonds is 5. The average molecular weight is 285 g/mol. The summed E-state index contributed by atoms with van der Waals surface area (Å²) in [5, 5.41) is 17.3. The third-order valence-electron chi connectivity index (χ3n) is 2.04. The number of carbonyl (C=O) groups is 1. The lowest BCUT2D eigenvalue weighted by molar-refractivity contribution is 0.0690. The largest absolute Gasteiger partial charge is 0.476 e. The molecule has 6 nitrogen and oxygen atoms in total. The number of aromatic carboxylic acids is 1. The van der Waals surface area contributed by atoms with Crippen LogP contribution in [0.3, 0.4) is 0 Å². The summed E-state index contributed by atoms with van der Waals surface area (Å²) in [6, 6.07) is 3.54. The first-order valence-corrected chi connectivity index (χ1v) is 6.40. The second-order valence-electron chi connectivity index (χ2n) is 3.31. The number of hydrogen-bond acceptors (Lipinski definition) is 5. The Morgan fingerprint density at radius 1 is 1.56 bits per heavy atom. The van der Waals surface area contributed by atoms with Crippen molar-refractivity contribution in [2.75, 3.05) is 5.75 Å². The van der Waals surface area contributed by atoms with Crippen LogP contribution in [0.4, 0.5) is 0 Å². The van der Waals surface area contributed by atoms with E-state index in [0.29, 0.717) is 17.3 Å². The first-order chi connectivity index (χ1) is 8.66. The van der Waals surface area contributed by atoms with Crippen molar-refractivity contribution in [3.8, 4) is 0 Å². The Bertz CT molecular complexity index is 560. The van der Waals surface area contributed by atoms with Crippen LogP contribution in [0, 0.1) is 0 Å². The van der Waals surface area contributed by atoms with Crippen LogP contribution in [-0.4, -0.2) is 36.8 Å². The Balaban J connectivity index is 1.88. The maximum absolute atomic E-state index is 10.6. The molecule has 0 fully saturated rings. The third kappa shape index (κ3) is 3.21. The van der Waals surface area contributed by atoms with Crippen molar-refractivity contribution in [1.29, 1.82) is 0 Å². The molecule has 0 aromatic carbocycles. The van der Waals surface area contributed by atoms with E-state index in [-0.39, 0.29) is 5.69 Å². The van der Waals surface area contributed by atoms with Crippen LogP contribution in [0.25, 0.3) is 0 Å². The summed E-state index contributed by atoms with van der Waals surface area (Å²) in [5.41, 5.74) is -0.0594. The van der Waals surface area contributed by atoms with E-state index in [4.69, 9.17) is 16.7 Å². The summed E-state index contributed by atoms with van der Waals surface area (Å²) in [5.74, 6) is -0.402. The minimum absolute atomic E-state index is 0.0594. The fourth-order valence-electron chi connectivity index (χ4n) is 1.22. The number of aryl methyl sites for hydroxylation is 1. The number of hydrogen-bond donors (Lipinski definition) is 1. The molecule has 94 valence electrons. The second kappa shape index (κ2) is 5.83. The molecular weight excluding hydrogens is 276 g/mol. The second-order valence-corrected chi connectivity index (χ2v) is 4.80. The minimum Gasteiger partial charge on any atom is -0.476 e. The van der Waals surface area contributed by atoms with Crippen molar-refractivity contribution >= 4 is 29.3 Å². The molecule has 0 atom stereocenters. The Morgan fingerprint density at radius 2 is 2.39 bits per heavy atom. The van der Waals surface area contributed by atoms with E-state index in [0.717, 1.165) is 5.03 Å². The first-order valence-electron chi connectivity index (χ1n) is 5.03. The van der Waals surface area contributed by atoms with Crippen molar-refractivity contribution in [1.82, 2.24) is 20.0 Å². The summed E-state index contributed by atoms with van der Waals surface area (Å²) >= 11 is 7.44. The molecule has 0 bridgehead atoms. The molecule has 8 heteroatoms. The van der Waals surface area contributed by atoms with Gasteiger partial charge in [0.1, 0.15) is 5.03 Å². The van der Waals surface area contributed by atoms with Crippen molar-refractivity contribution in [3.63, 3.8) is 0 Å². The fourth-order valence-corrected chi connectivity index (χ4v) is 2.32. The van der Waals surface area contributed by atoms with Crippen molar-refractivity contribution in [2.24, 2.45) is 0 Å². The number of pyridine rings is 1. The van der Waals surface area contributed by atoms with Crippen LogP contribution < -0.4 is 0 Å². The van der Waals surface area contributed by atoms with Crippen LogP contribution in [0.2, 0.25) is 5.02 Å². The molecule has 2 rings (SSSR count). The van der Waals surface area contributed by atoms with E-state index in [1.165, 1.54) is 22.6 Å². The van der Waals surface area contributed by atoms with E-state index >= 15 is 0 Å². The smallest absolute Gasteiger partial charge is 0.358 e. The molecule has 18 heavy (non-hydrogen) atoms. The van der Waals surface area contributed by atoms with Gasteiger partial charge in [0, 0.05) is 11.9 Å². The number of nitrogens with zero attached hydrogens (tertiary/aromatic N) is 4. The predicted molar refractivity (Wildman–Crippen MR) is 67.0 cm³/mol. The zero-order chi connectivity index (χ0) is 13.0. The van der Waals surface area contributed by atoms with Crippen LogP contribution in [0.15, 0.2) is 29.6 Å². The summed E-state index contributed by atoms with van der Waals surface area (Å²) in [7, 11) is 0. The maximum Gasteiger partial charge on any atom is 0.358 e. The first kappa shape index (κ1) is 12.8. The lowest BCUT2D eigenvalue weighted by atomic mass is 10.5. The SMILES string of the molecule is O=C(O)c1cn(CCSc2ncccc2Cl)nn1. The number of thioether (sulfide) groups is 1. The van der Waals surface area contributed by atoms with Gasteiger partial charge < -0.3 is 5.11 Å². The summed E-state index contributed by atoms with van der Waals surface area (Å²) in [4.78, 5) is 14.7. The van der Waals surface area contributed by atoms with Gasteiger partial charge in [0.25, 0.3) is 0 Å². The maximum atomic E-state index is 10.6. The molecule has 0 aliphatic heterocycles. The lowest BCUT2D eigenvalue weighted by Gasteiger charge is -2.02. The Hall–Kier alpha value is -1.60. The van der Waals surface area contributed by atoms with Gasteiger partial charge in [-0.2, -0.15) is 0 Å². The van der Waals surface area contributed by atoms with Crippen LogP contribution in [0.1, 0.15) is 10.5 Å². The number of halogens is 1. The lowest BCUT2D eigenvalue weighted by Crippen LogP contribution is -2.01. The normalized spacial score (nSPS) is 10.5. The fraction of sp³-hybridized carbons (Fsp3) is 0.200. The molecular formula is C10H9ClN4O2S. The summed E-state index contributed by atoms with van der Waals surface area (Å²) < 4.78 is 1.48. The highest BCUT2D eigenvalue weighted by Gasteiger charge is 2.08. The van der Waals surface area contributed by atoms with Crippen molar-refractivity contribution < 1.29 is 9.90 Å². The van der Waals surface area contributed by atoms with Crippen LogP contribution in [0.5, 0.6) is 0 Å². The molecule has 0 spiro atoms. The van der Waals surface area contributed by atoms with E-state index in [2.05, 4.69) is 15.3 Å². The van der Waals surface area contributed by atoms with Gasteiger partial charge >= 0.3 is 5.97 Å². The van der Waals surface area contributed by atoms with Crippen LogP contribution in [-0.2, 0) is 6.54 Å². The van der Waals surface area contributed by atoms with Gasteiger partial charge in [0.2, 0.25) is 0 Å². The minimum atomic E-state index is -1.08. The predicted octanol–water partition coefficient (Wildman–Crippen LogP) is 1.82. The molecule has 0 saturated heterocycles. The third-order valence-corrected chi connectivity index (χ3v) is 3.44. The molecule has 0 radical (unpaired) electrons. The van der Waals surface area contributed by atoms with Gasteiger partial charge in [-0.3, -0.25) is 4.68 Å². The summed E-state index contributed by atoms with van der Waals surface area (Å²) in [6.07, 6.45) is 3.06. The zero-order valence-corrected chi connectivity index (χ0v) is 10.7. The number of carboxylic acid groups (broad SMARTS) is 1. The number of carboxylic acids is 1. The molecule has 0 aliphatic rings. The van der Waals surface area contributed by atoms with E-state index in [9.17, 15) is 4.79 Å². The van der Waals surface area contributed by atoms with E-state index < -0.39 is 5.97 Å². The average Bonchev–Trinajstić information content (AvgIpc) is 2.80. The van der Waals surface area contributed by atoms with Gasteiger partial charge in [-0.25, -0.2) is 9.78 Å². The summed E-state index contributed by atoms with van der Waals surface area (Å²) in [6.45, 7) is 0.540. The van der Waals surface area contributed by atoms with Gasteiger partial charge in [-0.15, -0.1) is 16.9 Å². The number of aromatic nitrogens is 4. The molecule has 1 N–H and O–H groups in total. The molecule has 2 aromatic heterocycles. The van der Waals surface area contributed by atoms with Gasteiger partial charge in [0.15, 0.2) is 5.69 Å². The highest BCUT2D eigenvalue weighted by atomic mass is 35.5. The molecule has 0 unspecified atom stereocenters. The molecule has 0 saturated carbocycles. The van der Waals surface area contributed by atoms with Gasteiger partial charge in [-0.1, -0.05) is 16.8 Å². The molecule has 2 heterocycles. The Labute approximate surface area is 112 Å². The van der Waals surface area contributed by atoms with Crippen molar-refractivity contribution in [3.05, 3.63) is 35.2 Å². The Kier molecular flexibility index (Phi) is 4.16. The standard InChI is InChI=1S/C10H9ClN4O2S/c11-7-2-1-3-12-9(7)18-5-4-15-6-8(10(16)17)13-14-15/h1-3,6H,4-5H2,(H,16,17). The monoisotopic (exact) mass is 284 g/mol. The van der Waals surface area contributed by atoms with Gasteiger partial charge in [-0.05, 0) is 12.1 Å². The zero-order valence-electron chi connectivity index (χ0n) is 9.15. The topological polar surface area (TPSA) is 80.9 Å². The quantitative estimate of drug-likeness (QED) is 0.844. The molecule has 0 amide bonds. The van der Waals surface area contributed by atoms with E-state index in [1.807, 2.05) is 0 Å². The van der Waals surface area contributed by atoms with Crippen molar-refractivity contribution in [2.45, 2.75) is 11.6 Å². The highest BCUT2D eigenvalue weighted by Crippen LogP contribution is 2.23.